The van der Waals surface area contributed by atoms with Crippen LogP contribution in [0, 0.1) is 0 Å². The molecule has 6 heteroatoms. The first-order valence-corrected chi connectivity index (χ1v) is 4.83. The van der Waals surface area contributed by atoms with Crippen molar-refractivity contribution in [2.45, 2.75) is 12.8 Å². The van der Waals surface area contributed by atoms with E-state index in [1.54, 1.807) is 0 Å². The summed E-state index contributed by atoms with van der Waals surface area (Å²) in [6, 6.07) is 0. The third kappa shape index (κ3) is 3.47. The number of hydrogen-bond acceptors (Lipinski definition) is 5. The van der Waals surface area contributed by atoms with Crippen LogP contribution >= 0.6 is 11.7 Å². The van der Waals surface area contributed by atoms with Crippen molar-refractivity contribution < 1.29 is 4.79 Å². The second-order valence-corrected chi connectivity index (χ2v) is 3.10. The lowest BCUT2D eigenvalue weighted by Crippen LogP contribution is -2.25. The Morgan fingerprint density at radius 3 is 3.08 bits per heavy atom. The molecule has 72 valence electrons. The first kappa shape index (κ1) is 10.1. The highest BCUT2D eigenvalue weighted by atomic mass is 32.1. The molecule has 0 atom stereocenters. The Labute approximate surface area is 80.7 Å². The van der Waals surface area contributed by atoms with Crippen molar-refractivity contribution in [2.75, 3.05) is 13.1 Å². The molecule has 0 fully saturated rings. The minimum absolute atomic E-state index is 0.161. The fraction of sp³-hybridized carbons (Fsp3) is 0.571. The lowest BCUT2D eigenvalue weighted by Gasteiger charge is -2.00. The Hall–Kier alpha value is -1.01. The predicted molar refractivity (Wildman–Crippen MR) is 50.5 cm³/mol. The van der Waals surface area contributed by atoms with Crippen LogP contribution in [0.1, 0.15) is 23.3 Å². The molecule has 1 amide bonds. The van der Waals surface area contributed by atoms with E-state index in [9.17, 15) is 4.79 Å². The second-order valence-electron chi connectivity index (χ2n) is 2.54. The third-order valence-electron chi connectivity index (χ3n) is 1.51. The molecule has 0 saturated carbocycles. The van der Waals surface area contributed by atoms with E-state index in [4.69, 9.17) is 5.73 Å². The van der Waals surface area contributed by atoms with Gasteiger partial charge in [0.25, 0.3) is 5.91 Å². The molecule has 1 heterocycles. The summed E-state index contributed by atoms with van der Waals surface area (Å²) in [5.41, 5.74) is 5.69. The zero-order valence-corrected chi connectivity index (χ0v) is 8.01. The SMILES string of the molecule is NCCCCNC(=O)c1cnsn1. The summed E-state index contributed by atoms with van der Waals surface area (Å²) in [5.74, 6) is -0.161. The Bertz CT molecular complexity index is 249. The minimum atomic E-state index is -0.161. The van der Waals surface area contributed by atoms with Gasteiger partial charge in [-0.15, -0.1) is 0 Å². The van der Waals surface area contributed by atoms with Crippen LogP contribution in [0.25, 0.3) is 0 Å². The third-order valence-corrected chi connectivity index (χ3v) is 1.99. The van der Waals surface area contributed by atoms with Crippen LogP contribution in [0.4, 0.5) is 0 Å². The van der Waals surface area contributed by atoms with Crippen molar-refractivity contribution in [3.8, 4) is 0 Å². The van der Waals surface area contributed by atoms with Gasteiger partial charge in [0.2, 0.25) is 0 Å². The molecule has 0 saturated heterocycles. The van der Waals surface area contributed by atoms with Gasteiger partial charge in [0.05, 0.1) is 17.9 Å². The lowest BCUT2D eigenvalue weighted by molar-refractivity contribution is 0.0949. The van der Waals surface area contributed by atoms with Crippen LogP contribution < -0.4 is 11.1 Å². The van der Waals surface area contributed by atoms with Gasteiger partial charge < -0.3 is 11.1 Å². The van der Waals surface area contributed by atoms with E-state index in [1.807, 2.05) is 0 Å². The molecular weight excluding hydrogens is 188 g/mol. The monoisotopic (exact) mass is 200 g/mol. The zero-order chi connectivity index (χ0) is 9.52. The van der Waals surface area contributed by atoms with Crippen LogP contribution in [-0.4, -0.2) is 27.7 Å². The Balaban J connectivity index is 2.19. The quantitative estimate of drug-likeness (QED) is 0.656. The number of amides is 1. The summed E-state index contributed by atoms with van der Waals surface area (Å²) < 4.78 is 7.55. The predicted octanol–water partition coefficient (Wildman–Crippen LogP) is 0.00680. The molecule has 0 aliphatic heterocycles. The molecule has 5 nitrogen and oxygen atoms in total. The smallest absolute Gasteiger partial charge is 0.272 e. The van der Waals surface area contributed by atoms with Crippen LogP contribution in [0.2, 0.25) is 0 Å². The summed E-state index contributed by atoms with van der Waals surface area (Å²) in [5, 5.41) is 2.73. The van der Waals surface area contributed by atoms with Gasteiger partial charge in [-0.1, -0.05) is 0 Å². The van der Waals surface area contributed by atoms with Crippen molar-refractivity contribution in [2.24, 2.45) is 5.73 Å². The van der Waals surface area contributed by atoms with Gasteiger partial charge in [-0.3, -0.25) is 4.79 Å². The molecule has 0 aliphatic rings. The molecular formula is C7H12N4OS. The van der Waals surface area contributed by atoms with Gasteiger partial charge >= 0.3 is 0 Å². The minimum Gasteiger partial charge on any atom is -0.351 e. The topological polar surface area (TPSA) is 80.9 Å². The Morgan fingerprint density at radius 1 is 1.62 bits per heavy atom. The van der Waals surface area contributed by atoms with E-state index >= 15 is 0 Å². The maximum atomic E-state index is 11.2. The molecule has 0 bridgehead atoms. The first-order valence-electron chi connectivity index (χ1n) is 4.10. The molecule has 1 aromatic rings. The largest absolute Gasteiger partial charge is 0.351 e. The number of carbonyl (C=O) groups is 1. The first-order chi connectivity index (χ1) is 6.34. The van der Waals surface area contributed by atoms with Crippen LogP contribution in [-0.2, 0) is 0 Å². The highest BCUT2D eigenvalue weighted by molar-refractivity contribution is 6.99. The summed E-state index contributed by atoms with van der Waals surface area (Å²) in [4.78, 5) is 11.2. The number of nitrogens with two attached hydrogens (primary N) is 1. The van der Waals surface area contributed by atoms with Gasteiger partial charge in [-0.05, 0) is 19.4 Å². The highest BCUT2D eigenvalue weighted by Gasteiger charge is 2.06. The van der Waals surface area contributed by atoms with Gasteiger partial charge in [-0.2, -0.15) is 8.75 Å². The molecule has 13 heavy (non-hydrogen) atoms. The van der Waals surface area contributed by atoms with E-state index in [0.717, 1.165) is 24.6 Å². The van der Waals surface area contributed by atoms with E-state index in [1.165, 1.54) is 6.20 Å². The molecule has 1 aromatic heterocycles. The van der Waals surface area contributed by atoms with Gasteiger partial charge in [0, 0.05) is 6.54 Å². The molecule has 3 N–H and O–H groups in total. The van der Waals surface area contributed by atoms with Crippen LogP contribution in [0.15, 0.2) is 6.20 Å². The average molecular weight is 200 g/mol. The number of nitrogens with one attached hydrogen (secondary N) is 1. The molecule has 0 aromatic carbocycles. The van der Waals surface area contributed by atoms with Crippen LogP contribution in [0.5, 0.6) is 0 Å². The Kier molecular flexibility index (Phi) is 4.34. The Morgan fingerprint density at radius 2 is 2.46 bits per heavy atom. The number of hydrogen-bond donors (Lipinski definition) is 2. The number of rotatable bonds is 5. The zero-order valence-electron chi connectivity index (χ0n) is 7.19. The average Bonchev–Trinajstić information content (AvgIpc) is 2.65. The maximum Gasteiger partial charge on any atom is 0.272 e. The number of nitrogens with zero attached hydrogens (tertiary/aromatic N) is 2. The molecule has 0 unspecified atom stereocenters. The highest BCUT2D eigenvalue weighted by Crippen LogP contribution is 1.94. The standard InChI is InChI=1S/C7H12N4OS/c8-3-1-2-4-9-7(12)6-5-10-13-11-6/h5H,1-4,8H2,(H,9,12). The normalized spacial score (nSPS) is 9.92. The van der Waals surface area contributed by atoms with E-state index in [0.29, 0.717) is 18.8 Å². The summed E-state index contributed by atoms with van der Waals surface area (Å²) in [7, 11) is 0. The fourth-order valence-electron chi connectivity index (χ4n) is 0.827. The van der Waals surface area contributed by atoms with Crippen molar-refractivity contribution >= 4 is 17.6 Å². The lowest BCUT2D eigenvalue weighted by atomic mass is 10.3. The van der Waals surface area contributed by atoms with Crippen molar-refractivity contribution in [1.82, 2.24) is 14.1 Å². The molecule has 0 spiro atoms. The van der Waals surface area contributed by atoms with Crippen molar-refractivity contribution in [3.63, 3.8) is 0 Å². The fourth-order valence-corrected chi connectivity index (χ4v) is 1.24. The van der Waals surface area contributed by atoms with E-state index < -0.39 is 0 Å². The van der Waals surface area contributed by atoms with E-state index in [-0.39, 0.29) is 5.91 Å². The summed E-state index contributed by atoms with van der Waals surface area (Å²) in [6.45, 7) is 1.31. The summed E-state index contributed by atoms with van der Waals surface area (Å²) >= 11 is 1.03. The van der Waals surface area contributed by atoms with Crippen molar-refractivity contribution in [1.29, 1.82) is 0 Å². The maximum absolute atomic E-state index is 11.2. The second kappa shape index (κ2) is 5.60. The molecule has 0 aliphatic carbocycles. The van der Waals surface area contributed by atoms with Crippen LogP contribution in [0.3, 0.4) is 0 Å². The van der Waals surface area contributed by atoms with E-state index in [2.05, 4.69) is 14.1 Å². The van der Waals surface area contributed by atoms with Gasteiger partial charge in [0.1, 0.15) is 0 Å². The molecule has 1 rings (SSSR count). The number of aromatic nitrogens is 2. The number of unbranched alkanes of at least 4 members (excludes halogenated alkanes) is 1. The van der Waals surface area contributed by atoms with Gasteiger partial charge in [-0.25, -0.2) is 0 Å². The molecule has 0 radical (unpaired) electrons. The summed E-state index contributed by atoms with van der Waals surface area (Å²) in [6.07, 6.45) is 3.29. The van der Waals surface area contributed by atoms with Gasteiger partial charge in [0.15, 0.2) is 5.69 Å². The number of carbonyl (C=O) groups excluding carboxylic acids is 1. The van der Waals surface area contributed by atoms with Crippen molar-refractivity contribution in [3.05, 3.63) is 11.9 Å².